The number of ether oxygens (including phenoxy) is 1. The van der Waals surface area contributed by atoms with Gasteiger partial charge in [-0.2, -0.15) is 0 Å². The van der Waals surface area contributed by atoms with Crippen molar-refractivity contribution in [1.82, 2.24) is 5.32 Å². The quantitative estimate of drug-likeness (QED) is 0.577. The van der Waals surface area contributed by atoms with Crippen LogP contribution in [0, 0.1) is 0 Å². The van der Waals surface area contributed by atoms with E-state index in [1.54, 1.807) is 0 Å². The van der Waals surface area contributed by atoms with Crippen LogP contribution in [-0.2, 0) is 6.54 Å². The second-order valence-corrected chi connectivity index (χ2v) is 5.41. The number of nitrogens with one attached hydrogen (secondary N) is 1. The number of allylic oxidation sites excluding steroid dienone is 1. The van der Waals surface area contributed by atoms with Crippen molar-refractivity contribution in [3.8, 4) is 5.75 Å². The average Bonchev–Trinajstić information content (AvgIpc) is 2.27. The molecule has 0 aromatic heterocycles. The fourth-order valence-electron chi connectivity index (χ4n) is 1.46. The summed E-state index contributed by atoms with van der Waals surface area (Å²) in [5.41, 5.74) is 1.21. The van der Waals surface area contributed by atoms with E-state index in [0.29, 0.717) is 6.61 Å². The smallest absolute Gasteiger partial charge is 0.147 e. The van der Waals surface area contributed by atoms with Gasteiger partial charge in [0.05, 0.1) is 15.6 Å². The Kier molecular flexibility index (Phi) is 6.85. The Labute approximate surface area is 120 Å². The molecular formula is C13H17Br2NO. The Hall–Kier alpha value is -0.320. The van der Waals surface area contributed by atoms with Gasteiger partial charge in [-0.1, -0.05) is 6.08 Å². The first-order valence-electron chi connectivity index (χ1n) is 5.55. The summed E-state index contributed by atoms with van der Waals surface area (Å²) in [5, 5.41) is 3.12. The van der Waals surface area contributed by atoms with Gasteiger partial charge in [0.15, 0.2) is 0 Å². The summed E-state index contributed by atoms with van der Waals surface area (Å²) in [7, 11) is 1.93. The van der Waals surface area contributed by atoms with Crippen molar-refractivity contribution in [3.05, 3.63) is 39.3 Å². The van der Waals surface area contributed by atoms with Crippen molar-refractivity contribution < 1.29 is 4.74 Å². The zero-order valence-corrected chi connectivity index (χ0v) is 13.1. The molecule has 0 spiro atoms. The van der Waals surface area contributed by atoms with Crippen LogP contribution in [0.5, 0.6) is 5.75 Å². The highest BCUT2D eigenvalue weighted by atomic mass is 79.9. The SMILES string of the molecule is C=CCCCOc1c(Br)cc(CNC)cc1Br. The van der Waals surface area contributed by atoms with Crippen molar-refractivity contribution in [3.63, 3.8) is 0 Å². The van der Waals surface area contributed by atoms with Gasteiger partial charge in [0.2, 0.25) is 0 Å². The highest BCUT2D eigenvalue weighted by Gasteiger charge is 2.08. The van der Waals surface area contributed by atoms with Crippen LogP contribution in [0.3, 0.4) is 0 Å². The number of benzene rings is 1. The van der Waals surface area contributed by atoms with Crippen molar-refractivity contribution >= 4 is 31.9 Å². The second kappa shape index (κ2) is 7.90. The van der Waals surface area contributed by atoms with E-state index in [-0.39, 0.29) is 0 Å². The average molecular weight is 363 g/mol. The Morgan fingerprint density at radius 1 is 1.35 bits per heavy atom. The van der Waals surface area contributed by atoms with E-state index < -0.39 is 0 Å². The van der Waals surface area contributed by atoms with Crippen molar-refractivity contribution in [2.45, 2.75) is 19.4 Å². The fourth-order valence-corrected chi connectivity index (χ4v) is 2.97. The molecule has 0 saturated heterocycles. The van der Waals surface area contributed by atoms with Gasteiger partial charge in [0.1, 0.15) is 5.75 Å². The molecule has 0 aliphatic carbocycles. The molecule has 1 aromatic rings. The fraction of sp³-hybridized carbons (Fsp3) is 0.385. The first kappa shape index (κ1) is 14.7. The molecule has 0 radical (unpaired) electrons. The summed E-state index contributed by atoms with van der Waals surface area (Å²) in [5.74, 6) is 0.869. The summed E-state index contributed by atoms with van der Waals surface area (Å²) in [6, 6.07) is 4.15. The van der Waals surface area contributed by atoms with Crippen LogP contribution in [0.2, 0.25) is 0 Å². The molecule has 0 heterocycles. The molecule has 94 valence electrons. The van der Waals surface area contributed by atoms with Gasteiger partial charge in [-0.3, -0.25) is 0 Å². The molecule has 2 nitrogen and oxygen atoms in total. The Morgan fingerprint density at radius 2 is 2.00 bits per heavy atom. The largest absolute Gasteiger partial charge is 0.491 e. The van der Waals surface area contributed by atoms with E-state index in [9.17, 15) is 0 Å². The zero-order valence-electron chi connectivity index (χ0n) is 9.93. The van der Waals surface area contributed by atoms with E-state index in [1.807, 2.05) is 13.1 Å². The highest BCUT2D eigenvalue weighted by molar-refractivity contribution is 9.11. The van der Waals surface area contributed by atoms with Crippen LogP contribution in [0.1, 0.15) is 18.4 Å². The van der Waals surface area contributed by atoms with Gasteiger partial charge >= 0.3 is 0 Å². The Morgan fingerprint density at radius 3 is 2.53 bits per heavy atom. The molecular weight excluding hydrogens is 346 g/mol. The van der Waals surface area contributed by atoms with Crippen LogP contribution in [0.4, 0.5) is 0 Å². The summed E-state index contributed by atoms with van der Waals surface area (Å²) in [6.07, 6.45) is 3.87. The Bertz CT molecular complexity index is 357. The molecule has 0 saturated carbocycles. The zero-order chi connectivity index (χ0) is 12.7. The summed E-state index contributed by atoms with van der Waals surface area (Å²) in [4.78, 5) is 0. The van der Waals surface area contributed by atoms with Crippen LogP contribution in [0.25, 0.3) is 0 Å². The van der Waals surface area contributed by atoms with Crippen LogP contribution in [-0.4, -0.2) is 13.7 Å². The number of hydrogen-bond acceptors (Lipinski definition) is 2. The van der Waals surface area contributed by atoms with Crippen molar-refractivity contribution in [2.24, 2.45) is 0 Å². The number of halogens is 2. The molecule has 0 bridgehead atoms. The third-order valence-corrected chi connectivity index (χ3v) is 3.42. The molecule has 0 aliphatic rings. The third-order valence-electron chi connectivity index (χ3n) is 2.24. The van der Waals surface area contributed by atoms with Crippen molar-refractivity contribution in [1.29, 1.82) is 0 Å². The Balaban J connectivity index is 2.68. The molecule has 0 unspecified atom stereocenters. The lowest BCUT2D eigenvalue weighted by atomic mass is 10.2. The molecule has 1 N–H and O–H groups in total. The predicted molar refractivity (Wildman–Crippen MR) is 79.5 cm³/mol. The van der Waals surface area contributed by atoms with E-state index in [1.165, 1.54) is 5.56 Å². The molecule has 0 amide bonds. The monoisotopic (exact) mass is 361 g/mol. The molecule has 0 aliphatic heterocycles. The van der Waals surface area contributed by atoms with Crippen molar-refractivity contribution in [2.75, 3.05) is 13.7 Å². The minimum atomic E-state index is 0.703. The van der Waals surface area contributed by atoms with Crippen LogP contribution < -0.4 is 10.1 Å². The lowest BCUT2D eigenvalue weighted by molar-refractivity contribution is 0.308. The topological polar surface area (TPSA) is 21.3 Å². The minimum Gasteiger partial charge on any atom is -0.491 e. The van der Waals surface area contributed by atoms with Crippen LogP contribution >= 0.6 is 31.9 Å². The first-order valence-corrected chi connectivity index (χ1v) is 7.14. The normalized spacial score (nSPS) is 10.3. The first-order chi connectivity index (χ1) is 8.19. The number of rotatable bonds is 7. The van der Waals surface area contributed by atoms with Gasteiger partial charge in [-0.05, 0) is 69.4 Å². The summed E-state index contributed by atoms with van der Waals surface area (Å²) >= 11 is 7.07. The predicted octanol–water partition coefficient (Wildman–Crippen LogP) is 4.28. The standard InChI is InChI=1S/C13H17Br2NO/c1-3-4-5-6-17-13-11(14)7-10(9-16-2)8-12(13)15/h3,7-8,16H,1,4-6,9H2,2H3. The van der Waals surface area contributed by atoms with Crippen LogP contribution in [0.15, 0.2) is 33.7 Å². The maximum atomic E-state index is 5.74. The maximum Gasteiger partial charge on any atom is 0.147 e. The van der Waals surface area contributed by atoms with Gasteiger partial charge in [0.25, 0.3) is 0 Å². The lowest BCUT2D eigenvalue weighted by Gasteiger charge is -2.12. The van der Waals surface area contributed by atoms with Gasteiger partial charge in [0, 0.05) is 6.54 Å². The van der Waals surface area contributed by atoms with E-state index in [4.69, 9.17) is 4.74 Å². The highest BCUT2D eigenvalue weighted by Crippen LogP contribution is 2.34. The van der Waals surface area contributed by atoms with Gasteiger partial charge < -0.3 is 10.1 Å². The van der Waals surface area contributed by atoms with Gasteiger partial charge in [-0.15, -0.1) is 6.58 Å². The molecule has 1 aromatic carbocycles. The number of unbranched alkanes of at least 4 members (excludes halogenated alkanes) is 1. The number of hydrogen-bond donors (Lipinski definition) is 1. The lowest BCUT2D eigenvalue weighted by Crippen LogP contribution is -2.05. The molecule has 0 atom stereocenters. The second-order valence-electron chi connectivity index (χ2n) is 3.70. The van der Waals surface area contributed by atoms with E-state index in [2.05, 4.69) is 55.9 Å². The van der Waals surface area contributed by atoms with Gasteiger partial charge in [-0.25, -0.2) is 0 Å². The molecule has 1 rings (SSSR count). The third kappa shape index (κ3) is 4.82. The maximum absolute atomic E-state index is 5.74. The summed E-state index contributed by atoms with van der Waals surface area (Å²) in [6.45, 7) is 5.24. The molecule has 0 fully saturated rings. The summed E-state index contributed by atoms with van der Waals surface area (Å²) < 4.78 is 7.71. The minimum absolute atomic E-state index is 0.703. The molecule has 4 heteroatoms. The van der Waals surface area contributed by atoms with E-state index in [0.717, 1.165) is 34.1 Å². The molecule has 17 heavy (non-hydrogen) atoms. The van der Waals surface area contributed by atoms with E-state index >= 15 is 0 Å².